The summed E-state index contributed by atoms with van der Waals surface area (Å²) in [5, 5.41) is 9.69. The van der Waals surface area contributed by atoms with Gasteiger partial charge in [-0.25, -0.2) is 9.50 Å². The lowest BCUT2D eigenvalue weighted by molar-refractivity contribution is 0.100. The molecule has 0 bridgehead atoms. The van der Waals surface area contributed by atoms with Crippen LogP contribution in [0.2, 0.25) is 0 Å². The number of aryl methyl sites for hydroxylation is 3. The summed E-state index contributed by atoms with van der Waals surface area (Å²) in [6, 6.07) is 19.5. The van der Waals surface area contributed by atoms with Crippen molar-refractivity contribution < 1.29 is 4.79 Å². The second-order valence-electron chi connectivity index (χ2n) is 9.13. The second-order valence-corrected chi connectivity index (χ2v) is 9.13. The number of hydrogen-bond donors (Lipinski definition) is 1. The topological polar surface area (TPSA) is 113 Å². The highest BCUT2D eigenvalue weighted by Crippen LogP contribution is 2.19. The van der Waals surface area contributed by atoms with Crippen molar-refractivity contribution in [2.45, 2.75) is 20.3 Å². The number of primary amides is 1. The lowest BCUT2D eigenvalue weighted by atomic mass is 10.0. The molecule has 0 aliphatic heterocycles. The van der Waals surface area contributed by atoms with E-state index < -0.39 is 5.91 Å². The first kappa shape index (κ1) is 26.1. The number of nitrogens with two attached hydrogens (primary N) is 1. The lowest BCUT2D eigenvalue weighted by Gasteiger charge is -2.14. The number of para-hydroxylation sites is 1. The molecule has 6 rings (SSSR count). The maximum absolute atomic E-state index is 13.4. The van der Waals surface area contributed by atoms with Gasteiger partial charge < -0.3 is 5.73 Å². The summed E-state index contributed by atoms with van der Waals surface area (Å²) >= 11 is 0. The summed E-state index contributed by atoms with van der Waals surface area (Å²) in [5.74, 6) is 5.76. The van der Waals surface area contributed by atoms with Crippen molar-refractivity contribution in [3.63, 3.8) is 0 Å². The van der Waals surface area contributed by atoms with Gasteiger partial charge in [0.15, 0.2) is 5.65 Å². The van der Waals surface area contributed by atoms with Gasteiger partial charge in [-0.1, -0.05) is 49.1 Å². The number of pyridine rings is 1. The Balaban J connectivity index is 0.000000207. The van der Waals surface area contributed by atoms with Crippen molar-refractivity contribution in [3.8, 4) is 17.5 Å². The fraction of sp³-hybridized carbons (Fsp3) is 0.129. The maximum atomic E-state index is 13.4. The van der Waals surface area contributed by atoms with Gasteiger partial charge in [0.25, 0.3) is 11.5 Å². The molecule has 4 heterocycles. The van der Waals surface area contributed by atoms with Crippen LogP contribution in [0.3, 0.4) is 0 Å². The summed E-state index contributed by atoms with van der Waals surface area (Å²) < 4.78 is 5.08. The van der Waals surface area contributed by atoms with Gasteiger partial charge in [-0.15, -0.1) is 0 Å². The van der Waals surface area contributed by atoms with Crippen molar-refractivity contribution >= 4 is 22.3 Å². The normalized spacial score (nSPS) is 10.6. The molecule has 0 spiro atoms. The quantitative estimate of drug-likeness (QED) is 0.350. The lowest BCUT2D eigenvalue weighted by Crippen LogP contribution is -2.22. The van der Waals surface area contributed by atoms with Crippen LogP contribution in [0, 0.1) is 18.8 Å². The molecular weight excluding hydrogens is 502 g/mol. The Labute approximate surface area is 230 Å². The minimum atomic E-state index is -0.506. The molecule has 0 saturated carbocycles. The number of carbonyl (C=O) groups excluding carboxylic acids is 1. The Hall–Kier alpha value is -5.49. The average molecular weight is 530 g/mol. The standard InChI is InChI=1S/C23H19N3O.C8H8N4O/c1-3-20-14-19-9-7-8-18(13-12-17-15-24-25(2)16-17)22(19)23(27)26(20)21-10-5-4-6-11-21;1-5-2-3-10-8-6(7(9)13)4-11-12(5)8/h4-11,14-16H,3H2,1-2H3;2-4H,1H3,(H2,9,13). The minimum absolute atomic E-state index is 0.0355. The van der Waals surface area contributed by atoms with E-state index in [2.05, 4.69) is 40.0 Å². The largest absolute Gasteiger partial charge is 0.365 e. The molecular formula is C31H27N7O2. The Morgan fingerprint density at radius 1 is 1.00 bits per heavy atom. The van der Waals surface area contributed by atoms with E-state index in [1.54, 1.807) is 26.2 Å². The Bertz CT molecular complexity index is 1970. The molecule has 9 nitrogen and oxygen atoms in total. The SMILES string of the molecule is CCc1cc2cccc(C#Cc3cnn(C)c3)c2c(=O)n1-c1ccccc1.Cc1ccnc2c(C(N)=O)cnn12. The van der Waals surface area contributed by atoms with E-state index in [-0.39, 0.29) is 5.56 Å². The summed E-state index contributed by atoms with van der Waals surface area (Å²) in [6.45, 7) is 3.94. The first-order valence-electron chi connectivity index (χ1n) is 12.7. The zero-order valence-electron chi connectivity index (χ0n) is 22.4. The molecule has 0 aliphatic rings. The van der Waals surface area contributed by atoms with Crippen molar-refractivity contribution in [3.05, 3.63) is 124 Å². The minimum Gasteiger partial charge on any atom is -0.365 e. The van der Waals surface area contributed by atoms with Crippen LogP contribution in [0.1, 0.15) is 39.8 Å². The van der Waals surface area contributed by atoms with Gasteiger partial charge in [0, 0.05) is 42.1 Å². The van der Waals surface area contributed by atoms with Gasteiger partial charge >= 0.3 is 0 Å². The Morgan fingerprint density at radius 2 is 1.80 bits per heavy atom. The van der Waals surface area contributed by atoms with E-state index >= 15 is 0 Å². The zero-order valence-corrected chi connectivity index (χ0v) is 22.4. The molecule has 9 heteroatoms. The van der Waals surface area contributed by atoms with Crippen LogP contribution in [-0.4, -0.2) is 34.9 Å². The number of nitrogens with zero attached hydrogens (tertiary/aromatic N) is 6. The van der Waals surface area contributed by atoms with Crippen LogP contribution in [0.15, 0.2) is 90.2 Å². The molecule has 40 heavy (non-hydrogen) atoms. The fourth-order valence-corrected chi connectivity index (χ4v) is 4.45. The zero-order chi connectivity index (χ0) is 28.2. The van der Waals surface area contributed by atoms with Crippen LogP contribution < -0.4 is 11.3 Å². The van der Waals surface area contributed by atoms with E-state index in [4.69, 9.17) is 5.73 Å². The number of benzene rings is 2. The van der Waals surface area contributed by atoms with Gasteiger partial charge in [0.2, 0.25) is 0 Å². The third kappa shape index (κ3) is 5.11. The highest BCUT2D eigenvalue weighted by Gasteiger charge is 2.13. The number of rotatable bonds is 3. The van der Waals surface area contributed by atoms with Gasteiger partial charge in [0.1, 0.15) is 5.56 Å². The smallest absolute Gasteiger partial charge is 0.264 e. The maximum Gasteiger partial charge on any atom is 0.264 e. The molecule has 1 amide bonds. The number of fused-ring (bicyclic) bond motifs is 2. The number of carbonyl (C=O) groups is 1. The Kier molecular flexibility index (Phi) is 7.25. The third-order valence-corrected chi connectivity index (χ3v) is 6.40. The van der Waals surface area contributed by atoms with Crippen LogP contribution in [0.5, 0.6) is 0 Å². The average Bonchev–Trinajstić information content (AvgIpc) is 3.59. The molecule has 6 aromatic rings. The predicted molar refractivity (Wildman–Crippen MR) is 154 cm³/mol. The summed E-state index contributed by atoms with van der Waals surface area (Å²) in [4.78, 5) is 28.4. The van der Waals surface area contributed by atoms with E-state index in [9.17, 15) is 9.59 Å². The molecule has 0 radical (unpaired) electrons. The first-order valence-corrected chi connectivity index (χ1v) is 12.7. The molecule has 4 aromatic heterocycles. The predicted octanol–water partition coefficient (Wildman–Crippen LogP) is 3.82. The van der Waals surface area contributed by atoms with Gasteiger partial charge in [-0.05, 0) is 49.1 Å². The van der Waals surface area contributed by atoms with E-state index in [1.807, 2.05) is 74.8 Å². The Morgan fingerprint density at radius 3 is 2.50 bits per heavy atom. The summed E-state index contributed by atoms with van der Waals surface area (Å²) in [7, 11) is 1.86. The van der Waals surface area contributed by atoms with Gasteiger partial charge in [-0.2, -0.15) is 10.2 Å². The van der Waals surface area contributed by atoms with Crippen LogP contribution in [0.4, 0.5) is 0 Å². The first-order chi connectivity index (χ1) is 19.4. The number of aromatic nitrogens is 6. The highest BCUT2D eigenvalue weighted by molar-refractivity contribution is 5.98. The molecule has 2 aromatic carbocycles. The van der Waals surface area contributed by atoms with Crippen molar-refractivity contribution in [1.82, 2.24) is 28.9 Å². The van der Waals surface area contributed by atoms with Crippen molar-refractivity contribution in [2.24, 2.45) is 12.8 Å². The molecule has 0 atom stereocenters. The van der Waals surface area contributed by atoms with Crippen LogP contribution in [-0.2, 0) is 13.5 Å². The summed E-state index contributed by atoms with van der Waals surface area (Å²) in [6.07, 6.45) is 7.40. The number of hydrogen-bond acceptors (Lipinski definition) is 5. The number of amides is 1. The molecule has 0 saturated heterocycles. The molecule has 0 unspecified atom stereocenters. The second kappa shape index (κ2) is 11.1. The molecule has 2 N–H and O–H groups in total. The van der Waals surface area contributed by atoms with Crippen molar-refractivity contribution in [1.29, 1.82) is 0 Å². The van der Waals surface area contributed by atoms with Gasteiger partial charge in [0.05, 0.1) is 23.3 Å². The highest BCUT2D eigenvalue weighted by atomic mass is 16.1. The van der Waals surface area contributed by atoms with Gasteiger partial charge in [-0.3, -0.25) is 18.8 Å². The fourth-order valence-electron chi connectivity index (χ4n) is 4.45. The monoisotopic (exact) mass is 529 g/mol. The third-order valence-electron chi connectivity index (χ3n) is 6.40. The van der Waals surface area contributed by atoms with Crippen LogP contribution in [0.25, 0.3) is 22.1 Å². The molecule has 0 fully saturated rings. The molecule has 198 valence electrons. The molecule has 0 aliphatic carbocycles. The van der Waals surface area contributed by atoms with E-state index in [0.717, 1.165) is 40.0 Å². The van der Waals surface area contributed by atoms with E-state index in [1.165, 1.54) is 6.20 Å². The van der Waals surface area contributed by atoms with Crippen LogP contribution >= 0.6 is 0 Å². The van der Waals surface area contributed by atoms with Crippen molar-refractivity contribution in [2.75, 3.05) is 0 Å². The van der Waals surface area contributed by atoms with E-state index in [0.29, 0.717) is 16.6 Å². The summed E-state index contributed by atoms with van der Waals surface area (Å²) in [5.41, 5.74) is 10.3.